The minimum atomic E-state index is -0.380. The van der Waals surface area contributed by atoms with Gasteiger partial charge in [0.15, 0.2) is 0 Å². The second kappa shape index (κ2) is 12.7. The van der Waals surface area contributed by atoms with Crippen LogP contribution in [0.5, 0.6) is 0 Å². The molecule has 3 rings (SSSR count). The van der Waals surface area contributed by atoms with Crippen LogP contribution in [0.1, 0.15) is 44.9 Å². The molecule has 0 aromatic heterocycles. The monoisotopic (exact) mass is 503 g/mol. The molecule has 8 nitrogen and oxygen atoms in total. The summed E-state index contributed by atoms with van der Waals surface area (Å²) in [5, 5.41) is 12.7. The first-order valence-corrected chi connectivity index (χ1v) is 14.6. The first-order valence-electron chi connectivity index (χ1n) is 11.6. The molecule has 0 spiro atoms. The third-order valence-corrected chi connectivity index (χ3v) is 11.4. The van der Waals surface area contributed by atoms with Gasteiger partial charge in [0.1, 0.15) is 6.04 Å². The molecule has 3 fully saturated rings. The Morgan fingerprint density at radius 3 is 2.75 bits per heavy atom. The van der Waals surface area contributed by atoms with Crippen molar-refractivity contribution in [2.24, 2.45) is 0 Å². The third-order valence-electron chi connectivity index (χ3n) is 6.28. The smallest absolute Gasteiger partial charge is 0.244 e. The maximum Gasteiger partial charge on any atom is 0.244 e. The van der Waals surface area contributed by atoms with Gasteiger partial charge in [-0.1, -0.05) is 0 Å². The Morgan fingerprint density at radius 1 is 1.25 bits per heavy atom. The van der Waals surface area contributed by atoms with Gasteiger partial charge in [0.25, 0.3) is 0 Å². The standard InChI is InChI=1S/C21H37N5O3S3/c1-22-14-24-10-4-5-16(21(31-11-12-32-21)9-8-17(27)23-2)25-20(29)15-13-30-19-7-3-6-18(28)26(15)19/h15-16,19,22,24H,3-14H2,1-2H3,(H,23,27)(H,25,29). The van der Waals surface area contributed by atoms with Crippen LogP contribution in [0, 0.1) is 0 Å². The molecule has 32 heavy (non-hydrogen) atoms. The van der Waals surface area contributed by atoms with Crippen LogP contribution >= 0.6 is 35.3 Å². The summed E-state index contributed by atoms with van der Waals surface area (Å²) < 4.78 is -0.206. The van der Waals surface area contributed by atoms with Crippen LogP contribution in [0.2, 0.25) is 0 Å². The second-order valence-corrected chi connectivity index (χ2v) is 12.7. The molecule has 182 valence electrons. The molecule has 3 aliphatic heterocycles. The minimum absolute atomic E-state index is 0.0316. The SMILES string of the molecule is CNCNCCCC(NC(=O)C1CSC2CCCC(=O)N21)C1(CCC(=O)NC)SCCS1. The van der Waals surface area contributed by atoms with Crippen molar-refractivity contribution < 1.29 is 14.4 Å². The second-order valence-electron chi connectivity index (χ2n) is 8.41. The summed E-state index contributed by atoms with van der Waals surface area (Å²) >= 11 is 5.49. The maximum absolute atomic E-state index is 13.4. The Labute approximate surface area is 204 Å². The lowest BCUT2D eigenvalue weighted by Crippen LogP contribution is -2.56. The van der Waals surface area contributed by atoms with E-state index in [1.165, 1.54) is 0 Å². The predicted molar refractivity (Wildman–Crippen MR) is 135 cm³/mol. The Bertz CT molecular complexity index is 663. The lowest BCUT2D eigenvalue weighted by molar-refractivity contribution is -0.142. The first-order chi connectivity index (χ1) is 15.5. The van der Waals surface area contributed by atoms with Crippen LogP contribution in [0.15, 0.2) is 0 Å². The number of fused-ring (bicyclic) bond motifs is 1. The van der Waals surface area contributed by atoms with Gasteiger partial charge in [-0.3, -0.25) is 14.4 Å². The molecule has 11 heteroatoms. The van der Waals surface area contributed by atoms with E-state index in [1.807, 2.05) is 35.5 Å². The largest absolute Gasteiger partial charge is 0.359 e. The fraction of sp³-hybridized carbons (Fsp3) is 0.857. The molecular weight excluding hydrogens is 466 g/mol. The molecule has 3 aliphatic rings. The van der Waals surface area contributed by atoms with Crippen LogP contribution in [-0.2, 0) is 14.4 Å². The Morgan fingerprint density at radius 2 is 2.03 bits per heavy atom. The van der Waals surface area contributed by atoms with Gasteiger partial charge in [0, 0.05) is 43.8 Å². The van der Waals surface area contributed by atoms with Crippen molar-refractivity contribution in [3.63, 3.8) is 0 Å². The van der Waals surface area contributed by atoms with E-state index in [1.54, 1.807) is 18.8 Å². The van der Waals surface area contributed by atoms with Gasteiger partial charge in [-0.05, 0) is 45.7 Å². The van der Waals surface area contributed by atoms with Crippen LogP contribution in [0.25, 0.3) is 0 Å². The topological polar surface area (TPSA) is 103 Å². The molecule has 0 saturated carbocycles. The summed E-state index contributed by atoms with van der Waals surface area (Å²) in [5.41, 5.74) is 0. The van der Waals surface area contributed by atoms with Crippen molar-refractivity contribution in [2.45, 2.75) is 66.5 Å². The zero-order valence-electron chi connectivity index (χ0n) is 19.1. The van der Waals surface area contributed by atoms with Gasteiger partial charge < -0.3 is 26.2 Å². The van der Waals surface area contributed by atoms with Crippen LogP contribution in [-0.4, -0.2) is 88.7 Å². The van der Waals surface area contributed by atoms with Crippen molar-refractivity contribution in [3.8, 4) is 0 Å². The summed E-state index contributed by atoms with van der Waals surface area (Å²) in [6.45, 7) is 1.61. The van der Waals surface area contributed by atoms with Crippen molar-refractivity contribution in [1.29, 1.82) is 0 Å². The van der Waals surface area contributed by atoms with Gasteiger partial charge in [-0.2, -0.15) is 0 Å². The minimum Gasteiger partial charge on any atom is -0.359 e. The van der Waals surface area contributed by atoms with E-state index in [4.69, 9.17) is 0 Å². The fourth-order valence-electron chi connectivity index (χ4n) is 4.60. The molecular formula is C21H37N5O3S3. The summed E-state index contributed by atoms with van der Waals surface area (Å²) in [7, 11) is 3.57. The molecule has 0 aromatic carbocycles. The number of nitrogens with zero attached hydrogens (tertiary/aromatic N) is 1. The number of thioether (sulfide) groups is 3. The van der Waals surface area contributed by atoms with Crippen molar-refractivity contribution >= 4 is 53.0 Å². The van der Waals surface area contributed by atoms with Crippen LogP contribution in [0.4, 0.5) is 0 Å². The summed E-state index contributed by atoms with van der Waals surface area (Å²) in [6, 6.07) is -0.424. The van der Waals surface area contributed by atoms with E-state index in [2.05, 4.69) is 21.3 Å². The summed E-state index contributed by atoms with van der Waals surface area (Å²) in [4.78, 5) is 39.8. The average Bonchev–Trinajstić information content (AvgIpc) is 3.45. The van der Waals surface area contributed by atoms with E-state index >= 15 is 0 Å². The van der Waals surface area contributed by atoms with Crippen molar-refractivity contribution in [1.82, 2.24) is 26.2 Å². The number of hydrogen-bond acceptors (Lipinski definition) is 8. The highest BCUT2D eigenvalue weighted by molar-refractivity contribution is 8.21. The molecule has 0 aliphatic carbocycles. The molecule has 4 N–H and O–H groups in total. The average molecular weight is 504 g/mol. The van der Waals surface area contributed by atoms with Gasteiger partial charge in [-0.25, -0.2) is 0 Å². The number of rotatable bonds is 12. The Hall–Kier alpha value is -0.620. The molecule has 3 saturated heterocycles. The molecule has 3 amide bonds. The van der Waals surface area contributed by atoms with E-state index in [0.717, 1.165) is 56.8 Å². The molecule has 0 radical (unpaired) electrons. The van der Waals surface area contributed by atoms with E-state index in [0.29, 0.717) is 18.6 Å². The molecule has 3 unspecified atom stereocenters. The van der Waals surface area contributed by atoms with Crippen LogP contribution in [0.3, 0.4) is 0 Å². The fourth-order valence-corrected chi connectivity index (χ4v) is 9.51. The zero-order valence-corrected chi connectivity index (χ0v) is 21.6. The van der Waals surface area contributed by atoms with Gasteiger partial charge in [-0.15, -0.1) is 35.3 Å². The normalized spacial score (nSPS) is 25.4. The Balaban J connectivity index is 1.70. The number of carbonyl (C=O) groups excluding carboxylic acids is 3. The number of carbonyl (C=O) groups is 3. The van der Waals surface area contributed by atoms with Crippen LogP contribution < -0.4 is 21.3 Å². The maximum atomic E-state index is 13.4. The summed E-state index contributed by atoms with van der Waals surface area (Å²) in [5.74, 6) is 2.83. The molecule has 0 bridgehead atoms. The number of amides is 3. The van der Waals surface area contributed by atoms with Gasteiger partial charge >= 0.3 is 0 Å². The number of nitrogens with one attached hydrogen (secondary N) is 4. The third kappa shape index (κ3) is 6.49. The van der Waals surface area contributed by atoms with Gasteiger partial charge in [0.2, 0.25) is 17.7 Å². The lowest BCUT2D eigenvalue weighted by atomic mass is 10.0. The highest BCUT2D eigenvalue weighted by Crippen LogP contribution is 2.50. The predicted octanol–water partition coefficient (Wildman–Crippen LogP) is 1.17. The number of piperidine rings is 1. The zero-order chi connectivity index (χ0) is 23.0. The quantitative estimate of drug-likeness (QED) is 0.233. The highest BCUT2D eigenvalue weighted by Gasteiger charge is 2.47. The summed E-state index contributed by atoms with van der Waals surface area (Å²) in [6.07, 6.45) is 5.38. The first kappa shape index (κ1) is 26.0. The molecule has 0 aromatic rings. The van der Waals surface area contributed by atoms with Crippen molar-refractivity contribution in [3.05, 3.63) is 0 Å². The number of hydrogen-bond donors (Lipinski definition) is 4. The highest BCUT2D eigenvalue weighted by atomic mass is 32.2. The van der Waals surface area contributed by atoms with Crippen molar-refractivity contribution in [2.75, 3.05) is 44.6 Å². The van der Waals surface area contributed by atoms with E-state index in [9.17, 15) is 14.4 Å². The van der Waals surface area contributed by atoms with Gasteiger partial charge in [0.05, 0.1) is 15.5 Å². The molecule has 3 atom stereocenters. The molecule has 3 heterocycles. The Kier molecular flexibility index (Phi) is 10.3. The van der Waals surface area contributed by atoms with E-state index < -0.39 is 0 Å². The van der Waals surface area contributed by atoms with E-state index in [-0.39, 0.29) is 39.3 Å². The lowest BCUT2D eigenvalue weighted by Gasteiger charge is -2.38.